The molecule has 0 spiro atoms. The number of anilines is 1. The number of pyridine rings is 2. The third kappa shape index (κ3) is 7.34. The fraction of sp³-hybridized carbons (Fsp3) is 0.292. The van der Waals surface area contributed by atoms with Gasteiger partial charge < -0.3 is 24.3 Å². The molecule has 1 atom stereocenters. The highest BCUT2D eigenvalue weighted by Gasteiger charge is 2.19. The molecule has 0 aliphatic rings. The van der Waals surface area contributed by atoms with Crippen molar-refractivity contribution in [1.29, 1.82) is 0 Å². The smallest absolute Gasteiger partial charge is 0.258 e. The lowest BCUT2D eigenvalue weighted by atomic mass is 10.2. The van der Waals surface area contributed by atoms with E-state index in [2.05, 4.69) is 15.3 Å². The van der Waals surface area contributed by atoms with E-state index in [1.807, 2.05) is 0 Å². The molecule has 1 N–H and O–H groups in total. The molecule has 0 aliphatic heterocycles. The molecule has 0 bridgehead atoms. The van der Waals surface area contributed by atoms with Crippen LogP contribution in [-0.4, -0.2) is 54.3 Å². The van der Waals surface area contributed by atoms with Crippen LogP contribution in [0.1, 0.15) is 22.3 Å². The Morgan fingerprint density at radius 3 is 2.65 bits per heavy atom. The van der Waals surface area contributed by atoms with Gasteiger partial charge in [0.25, 0.3) is 5.91 Å². The molecule has 10 heteroatoms. The molecule has 1 unspecified atom stereocenters. The molecule has 9 nitrogen and oxygen atoms in total. The van der Waals surface area contributed by atoms with Crippen LogP contribution in [0, 0.1) is 0 Å². The van der Waals surface area contributed by atoms with Crippen molar-refractivity contribution in [2.45, 2.75) is 17.2 Å². The van der Waals surface area contributed by atoms with Gasteiger partial charge in [-0.3, -0.25) is 14.0 Å². The molecule has 0 radical (unpaired) electrons. The molecule has 180 valence electrons. The van der Waals surface area contributed by atoms with Gasteiger partial charge in [0.15, 0.2) is 0 Å². The lowest BCUT2D eigenvalue weighted by Crippen LogP contribution is -2.16. The summed E-state index contributed by atoms with van der Waals surface area (Å²) >= 11 is 0. The summed E-state index contributed by atoms with van der Waals surface area (Å²) in [7, 11) is 1.53. The molecule has 0 fully saturated rings. The average molecular weight is 486 g/mol. The predicted octanol–water partition coefficient (Wildman–Crippen LogP) is 3.43. The number of carbonyl (C=O) groups excluding carboxylic acids is 1. The average Bonchev–Trinajstić information content (AvgIpc) is 2.87. The maximum Gasteiger partial charge on any atom is 0.258 e. The Kier molecular flexibility index (Phi) is 9.96. The molecule has 2 aromatic heterocycles. The molecule has 3 rings (SSSR count). The first-order chi connectivity index (χ1) is 16.6. The minimum absolute atomic E-state index is 0.117. The van der Waals surface area contributed by atoms with E-state index in [1.54, 1.807) is 69.1 Å². The van der Waals surface area contributed by atoms with Crippen molar-refractivity contribution in [1.82, 2.24) is 9.97 Å². The minimum atomic E-state index is -1.60. The second-order valence-corrected chi connectivity index (χ2v) is 8.39. The van der Waals surface area contributed by atoms with Gasteiger partial charge in [0, 0.05) is 49.4 Å². The van der Waals surface area contributed by atoms with Gasteiger partial charge in [-0.25, -0.2) is 4.98 Å². The van der Waals surface area contributed by atoms with Crippen LogP contribution in [0.4, 0.5) is 5.69 Å². The maximum absolute atomic E-state index is 13.3. The Labute approximate surface area is 200 Å². The number of methoxy groups -OCH3 is 2. The standard InChI is InChI=1S/C24H27N3O6S/c1-30-17-32-13-4-14-33-22-15-20(31-2)7-6-18(22)16-34(29)24-21(5-3-10-26-24)23(28)27-19-8-11-25-12-9-19/h3,5-12,15H,4,13-14,16-17H2,1-2H3,(H,25,27,28). The highest BCUT2D eigenvalue weighted by molar-refractivity contribution is 7.84. The van der Waals surface area contributed by atoms with E-state index in [-0.39, 0.29) is 23.1 Å². The van der Waals surface area contributed by atoms with Crippen molar-refractivity contribution in [3.8, 4) is 11.5 Å². The largest absolute Gasteiger partial charge is 0.497 e. The van der Waals surface area contributed by atoms with Gasteiger partial charge in [-0.2, -0.15) is 0 Å². The van der Waals surface area contributed by atoms with E-state index < -0.39 is 16.7 Å². The van der Waals surface area contributed by atoms with Gasteiger partial charge in [0.2, 0.25) is 0 Å². The molecular weight excluding hydrogens is 458 g/mol. The number of aromatic nitrogens is 2. The fourth-order valence-electron chi connectivity index (χ4n) is 2.99. The number of nitrogens with one attached hydrogen (secondary N) is 1. The zero-order valence-electron chi connectivity index (χ0n) is 19.1. The monoisotopic (exact) mass is 485 g/mol. The van der Waals surface area contributed by atoms with E-state index in [0.29, 0.717) is 42.4 Å². The maximum atomic E-state index is 13.3. The van der Waals surface area contributed by atoms with E-state index in [0.717, 1.165) is 0 Å². The summed E-state index contributed by atoms with van der Waals surface area (Å²) in [5.41, 5.74) is 1.54. The number of hydrogen-bond donors (Lipinski definition) is 1. The lowest BCUT2D eigenvalue weighted by molar-refractivity contribution is -0.0333. The summed E-state index contributed by atoms with van der Waals surface area (Å²) in [6, 6.07) is 11.9. The second kappa shape index (κ2) is 13.4. The zero-order valence-corrected chi connectivity index (χ0v) is 19.9. The number of ether oxygens (including phenoxy) is 4. The summed E-state index contributed by atoms with van der Waals surface area (Å²) in [4.78, 5) is 21.0. The van der Waals surface area contributed by atoms with Gasteiger partial charge >= 0.3 is 0 Å². The van der Waals surface area contributed by atoms with Crippen LogP contribution in [0.2, 0.25) is 0 Å². The van der Waals surface area contributed by atoms with Crippen LogP contribution in [0.25, 0.3) is 0 Å². The van der Waals surface area contributed by atoms with Crippen molar-refractivity contribution < 1.29 is 28.0 Å². The van der Waals surface area contributed by atoms with Gasteiger partial charge in [0.1, 0.15) is 23.3 Å². The normalized spacial score (nSPS) is 11.6. The van der Waals surface area contributed by atoms with Crippen LogP contribution in [0.5, 0.6) is 11.5 Å². The first-order valence-corrected chi connectivity index (χ1v) is 11.9. The summed E-state index contributed by atoms with van der Waals surface area (Å²) in [6.07, 6.45) is 5.32. The molecule has 2 heterocycles. The van der Waals surface area contributed by atoms with Gasteiger partial charge in [0.05, 0.1) is 42.4 Å². The third-order valence-corrected chi connectivity index (χ3v) is 5.95. The minimum Gasteiger partial charge on any atom is -0.497 e. The van der Waals surface area contributed by atoms with Crippen molar-refractivity contribution in [2.24, 2.45) is 0 Å². The Morgan fingerprint density at radius 1 is 1.06 bits per heavy atom. The Hall–Kier alpha value is -3.34. The third-order valence-electron chi connectivity index (χ3n) is 4.62. The second-order valence-electron chi connectivity index (χ2n) is 7.03. The number of nitrogens with zero attached hydrogens (tertiary/aromatic N) is 2. The number of rotatable bonds is 13. The molecule has 1 amide bonds. The Bertz CT molecular complexity index is 1100. The molecule has 0 aliphatic carbocycles. The van der Waals surface area contributed by atoms with Crippen LogP contribution >= 0.6 is 0 Å². The van der Waals surface area contributed by atoms with Crippen LogP contribution in [0.3, 0.4) is 0 Å². The first-order valence-electron chi connectivity index (χ1n) is 10.5. The highest BCUT2D eigenvalue weighted by atomic mass is 32.2. The molecular formula is C24H27N3O6S. The van der Waals surface area contributed by atoms with Crippen LogP contribution in [-0.2, 0) is 26.0 Å². The lowest BCUT2D eigenvalue weighted by Gasteiger charge is -2.14. The Balaban J connectivity index is 1.73. The molecule has 0 saturated heterocycles. The van der Waals surface area contributed by atoms with Gasteiger partial charge in [-0.15, -0.1) is 0 Å². The number of hydrogen-bond acceptors (Lipinski definition) is 8. The molecule has 34 heavy (non-hydrogen) atoms. The fourth-order valence-corrected chi connectivity index (χ4v) is 4.23. The van der Waals surface area contributed by atoms with Gasteiger partial charge in [-0.05, 0) is 30.3 Å². The molecule has 3 aromatic rings. The van der Waals surface area contributed by atoms with Crippen molar-refractivity contribution >= 4 is 22.4 Å². The van der Waals surface area contributed by atoms with Crippen molar-refractivity contribution in [3.63, 3.8) is 0 Å². The summed E-state index contributed by atoms with van der Waals surface area (Å²) in [5, 5.41) is 2.98. The molecule has 1 aromatic carbocycles. The number of carbonyl (C=O) groups is 1. The Morgan fingerprint density at radius 2 is 1.88 bits per heavy atom. The summed E-state index contributed by atoms with van der Waals surface area (Å²) < 4.78 is 34.6. The van der Waals surface area contributed by atoms with Crippen molar-refractivity contribution in [2.75, 3.05) is 39.5 Å². The van der Waals surface area contributed by atoms with Crippen LogP contribution < -0.4 is 14.8 Å². The van der Waals surface area contributed by atoms with Crippen LogP contribution in [0.15, 0.2) is 66.1 Å². The van der Waals surface area contributed by atoms with Crippen molar-refractivity contribution in [3.05, 3.63) is 72.2 Å². The van der Waals surface area contributed by atoms with E-state index in [1.165, 1.54) is 6.20 Å². The molecule has 0 saturated carbocycles. The zero-order chi connectivity index (χ0) is 24.2. The summed E-state index contributed by atoms with van der Waals surface area (Å²) in [6.45, 7) is 1.12. The first kappa shape index (κ1) is 25.3. The number of amides is 1. The van der Waals surface area contributed by atoms with Gasteiger partial charge in [-0.1, -0.05) is 6.07 Å². The summed E-state index contributed by atoms with van der Waals surface area (Å²) in [5.74, 6) is 0.893. The van der Waals surface area contributed by atoms with E-state index in [9.17, 15) is 9.00 Å². The topological polar surface area (TPSA) is 109 Å². The predicted molar refractivity (Wildman–Crippen MR) is 127 cm³/mol. The quantitative estimate of drug-likeness (QED) is 0.290. The SMILES string of the molecule is COCOCCCOc1cc(OC)ccc1CS(=O)c1ncccc1C(=O)Nc1ccncc1. The number of benzene rings is 1. The highest BCUT2D eigenvalue weighted by Crippen LogP contribution is 2.28. The van der Waals surface area contributed by atoms with E-state index >= 15 is 0 Å². The van der Waals surface area contributed by atoms with E-state index in [4.69, 9.17) is 18.9 Å².